The number of hydrogen-bond acceptors (Lipinski definition) is 3. The van der Waals surface area contributed by atoms with Crippen LogP contribution in [0, 0.1) is 0 Å². The van der Waals surface area contributed by atoms with Gasteiger partial charge in [0.15, 0.2) is 5.75 Å². The summed E-state index contributed by atoms with van der Waals surface area (Å²) in [7, 11) is 0. The van der Waals surface area contributed by atoms with Crippen molar-refractivity contribution in [3.05, 3.63) is 17.5 Å². The third-order valence-electron chi connectivity index (χ3n) is 0.782. The first-order valence-corrected chi connectivity index (χ1v) is 2.71. The van der Waals surface area contributed by atoms with E-state index in [1.807, 2.05) is 0 Å². The van der Waals surface area contributed by atoms with Crippen LogP contribution in [-0.4, -0.2) is 11.3 Å². The minimum atomic E-state index is -1.41. The van der Waals surface area contributed by atoms with Gasteiger partial charge in [-0.3, -0.25) is 0 Å². The van der Waals surface area contributed by atoms with Crippen LogP contribution >= 0.6 is 11.6 Å². The lowest BCUT2D eigenvalue weighted by Crippen LogP contribution is -2.01. The number of furan rings is 1. The molecule has 0 spiro atoms. The number of ether oxygens (including phenoxy) is 1. The van der Waals surface area contributed by atoms with E-state index in [1.165, 1.54) is 12.3 Å². The summed E-state index contributed by atoms with van der Waals surface area (Å²) in [5.74, 6) is 0.00849. The quantitative estimate of drug-likeness (QED) is 0.642. The average molecular weight is 163 g/mol. The molecule has 0 aliphatic rings. The lowest BCUT2D eigenvalue weighted by atomic mass is 10.6. The summed E-state index contributed by atoms with van der Waals surface area (Å²) < 4.78 is 8.72. The van der Waals surface area contributed by atoms with Crippen LogP contribution in [0.3, 0.4) is 0 Å². The van der Waals surface area contributed by atoms with Gasteiger partial charge in [0, 0.05) is 6.07 Å². The van der Waals surface area contributed by atoms with Crippen molar-refractivity contribution >= 4 is 17.8 Å². The Balaban J connectivity index is 2.74. The van der Waals surface area contributed by atoms with Gasteiger partial charge in [0.1, 0.15) is 0 Å². The molecule has 1 aromatic rings. The fourth-order valence-electron chi connectivity index (χ4n) is 0.447. The highest BCUT2D eigenvalue weighted by molar-refractivity contribution is 6.30. The molecule has 5 heteroatoms. The van der Waals surface area contributed by atoms with E-state index in [9.17, 15) is 4.79 Å². The highest BCUT2D eigenvalue weighted by Crippen LogP contribution is 2.24. The van der Waals surface area contributed by atoms with Crippen LogP contribution in [0.1, 0.15) is 0 Å². The van der Waals surface area contributed by atoms with E-state index in [0.29, 0.717) is 0 Å². The Kier molecular flexibility index (Phi) is 1.82. The van der Waals surface area contributed by atoms with Gasteiger partial charge in [-0.05, 0) is 11.6 Å². The lowest BCUT2D eigenvalue weighted by molar-refractivity contribution is 0.144. The standard InChI is InChI=1S/C5H3ClO4/c6-4-3(1-2-9-4)10-5(7)8/h1-2H,(H,7,8). The summed E-state index contributed by atoms with van der Waals surface area (Å²) in [6.45, 7) is 0. The number of rotatable bonds is 1. The van der Waals surface area contributed by atoms with Crippen molar-refractivity contribution in [2.75, 3.05) is 0 Å². The zero-order valence-corrected chi connectivity index (χ0v) is 5.46. The Hall–Kier alpha value is -1.16. The summed E-state index contributed by atoms with van der Waals surface area (Å²) in [5.41, 5.74) is 0. The average Bonchev–Trinajstić information content (AvgIpc) is 2.15. The van der Waals surface area contributed by atoms with Crippen LogP contribution in [0.2, 0.25) is 5.22 Å². The molecule has 1 N–H and O–H groups in total. The number of hydrogen-bond donors (Lipinski definition) is 1. The van der Waals surface area contributed by atoms with Crippen LogP contribution in [0.5, 0.6) is 5.75 Å². The van der Waals surface area contributed by atoms with Gasteiger partial charge in [-0.25, -0.2) is 4.79 Å². The van der Waals surface area contributed by atoms with Crippen LogP contribution < -0.4 is 4.74 Å². The molecule has 0 aromatic carbocycles. The highest BCUT2D eigenvalue weighted by atomic mass is 35.5. The van der Waals surface area contributed by atoms with Crippen molar-refractivity contribution in [2.24, 2.45) is 0 Å². The van der Waals surface area contributed by atoms with E-state index in [1.54, 1.807) is 0 Å². The van der Waals surface area contributed by atoms with Gasteiger partial charge >= 0.3 is 6.16 Å². The zero-order chi connectivity index (χ0) is 7.56. The monoisotopic (exact) mass is 162 g/mol. The van der Waals surface area contributed by atoms with Gasteiger partial charge < -0.3 is 14.3 Å². The summed E-state index contributed by atoms with van der Waals surface area (Å²) in [5, 5.41) is 8.02. The van der Waals surface area contributed by atoms with Crippen LogP contribution in [0.25, 0.3) is 0 Å². The number of carbonyl (C=O) groups is 1. The zero-order valence-electron chi connectivity index (χ0n) is 4.70. The summed E-state index contributed by atoms with van der Waals surface area (Å²) in [6, 6.07) is 1.32. The first kappa shape index (κ1) is 6.95. The van der Waals surface area contributed by atoms with Crippen molar-refractivity contribution in [2.45, 2.75) is 0 Å². The fraction of sp³-hybridized carbons (Fsp3) is 0. The molecule has 0 aliphatic carbocycles. The molecule has 0 atom stereocenters. The predicted molar refractivity (Wildman–Crippen MR) is 32.4 cm³/mol. The molecule has 0 aliphatic heterocycles. The molecule has 1 aromatic heterocycles. The summed E-state index contributed by atoms with van der Waals surface area (Å²) in [4.78, 5) is 9.90. The van der Waals surface area contributed by atoms with E-state index in [4.69, 9.17) is 16.7 Å². The van der Waals surface area contributed by atoms with Gasteiger partial charge in [0.05, 0.1) is 6.26 Å². The third kappa shape index (κ3) is 1.41. The Morgan fingerprint density at radius 2 is 2.50 bits per heavy atom. The van der Waals surface area contributed by atoms with E-state index < -0.39 is 6.16 Å². The maximum absolute atomic E-state index is 9.90. The molecule has 0 bridgehead atoms. The SMILES string of the molecule is O=C(O)Oc1ccoc1Cl. The van der Waals surface area contributed by atoms with E-state index in [2.05, 4.69) is 9.15 Å². The fourth-order valence-corrected chi connectivity index (χ4v) is 0.600. The van der Waals surface area contributed by atoms with Gasteiger partial charge in [0.2, 0.25) is 5.22 Å². The molecule has 0 fully saturated rings. The first-order valence-electron chi connectivity index (χ1n) is 2.34. The Bertz CT molecular complexity index is 242. The molecule has 0 unspecified atom stereocenters. The molecule has 54 valence electrons. The van der Waals surface area contributed by atoms with Crippen LogP contribution in [0.15, 0.2) is 16.7 Å². The molecule has 4 nitrogen and oxygen atoms in total. The molecule has 1 heterocycles. The Labute approximate surface area is 61.0 Å². The first-order chi connectivity index (χ1) is 4.70. The second-order valence-electron chi connectivity index (χ2n) is 1.43. The molecule has 0 amide bonds. The maximum Gasteiger partial charge on any atom is 0.511 e. The topological polar surface area (TPSA) is 59.7 Å². The number of carboxylic acid groups (broad SMARTS) is 1. The predicted octanol–water partition coefficient (Wildman–Crippen LogP) is 1.99. The summed E-state index contributed by atoms with van der Waals surface area (Å²) in [6.07, 6.45) is -0.177. The molecule has 0 saturated heterocycles. The molecular formula is C5H3ClO4. The summed E-state index contributed by atoms with van der Waals surface area (Å²) >= 11 is 5.33. The molecule has 1 rings (SSSR count). The minimum Gasteiger partial charge on any atom is -0.449 e. The highest BCUT2D eigenvalue weighted by Gasteiger charge is 2.07. The second kappa shape index (κ2) is 2.62. The third-order valence-corrected chi connectivity index (χ3v) is 1.06. The van der Waals surface area contributed by atoms with Gasteiger partial charge in [-0.1, -0.05) is 0 Å². The van der Waals surface area contributed by atoms with Crippen molar-refractivity contribution in [3.63, 3.8) is 0 Å². The molecule has 0 saturated carbocycles. The van der Waals surface area contributed by atoms with E-state index in [0.717, 1.165) is 0 Å². The molecule has 0 radical (unpaired) electrons. The van der Waals surface area contributed by atoms with Crippen LogP contribution in [0.4, 0.5) is 4.79 Å². The molecular weight excluding hydrogens is 160 g/mol. The van der Waals surface area contributed by atoms with E-state index in [-0.39, 0.29) is 11.0 Å². The van der Waals surface area contributed by atoms with Crippen molar-refractivity contribution < 1.29 is 19.1 Å². The smallest absolute Gasteiger partial charge is 0.449 e. The number of halogens is 1. The van der Waals surface area contributed by atoms with Gasteiger partial charge in [-0.2, -0.15) is 0 Å². The minimum absolute atomic E-state index is 0.00849. The lowest BCUT2D eigenvalue weighted by Gasteiger charge is -1.92. The Morgan fingerprint density at radius 3 is 2.90 bits per heavy atom. The normalized spacial score (nSPS) is 9.30. The van der Waals surface area contributed by atoms with Gasteiger partial charge in [-0.15, -0.1) is 0 Å². The van der Waals surface area contributed by atoms with Crippen molar-refractivity contribution in [1.82, 2.24) is 0 Å². The van der Waals surface area contributed by atoms with Crippen molar-refractivity contribution in [1.29, 1.82) is 0 Å². The maximum atomic E-state index is 9.90. The van der Waals surface area contributed by atoms with Crippen molar-refractivity contribution in [3.8, 4) is 5.75 Å². The second-order valence-corrected chi connectivity index (χ2v) is 1.77. The van der Waals surface area contributed by atoms with E-state index >= 15 is 0 Å². The van der Waals surface area contributed by atoms with Gasteiger partial charge in [0.25, 0.3) is 0 Å². The van der Waals surface area contributed by atoms with Crippen LogP contribution in [-0.2, 0) is 0 Å². The Morgan fingerprint density at radius 1 is 1.80 bits per heavy atom. The largest absolute Gasteiger partial charge is 0.511 e. The molecule has 10 heavy (non-hydrogen) atoms.